The number of carbonyl (C=O) groups is 1. The maximum absolute atomic E-state index is 11.8. The number of amides is 1. The predicted octanol–water partition coefficient (Wildman–Crippen LogP) is 2.53. The lowest BCUT2D eigenvalue weighted by Gasteiger charge is -2.09. The van der Waals surface area contributed by atoms with Gasteiger partial charge in [-0.25, -0.2) is 0 Å². The van der Waals surface area contributed by atoms with Crippen molar-refractivity contribution in [2.45, 2.75) is 19.4 Å². The molecule has 0 saturated carbocycles. The standard InChI is InChI=1S/C19H24N2O2/c1-23-18-10-6-5-9-17(18)11-14-21-19(22)12-13-20-15-16-7-3-2-4-8-16/h2-10,20H,11-15H2,1H3,(H,21,22). The largest absolute Gasteiger partial charge is 0.496 e. The van der Waals surface area contributed by atoms with Crippen molar-refractivity contribution in [3.63, 3.8) is 0 Å². The minimum atomic E-state index is 0.0699. The van der Waals surface area contributed by atoms with E-state index in [9.17, 15) is 4.79 Å². The van der Waals surface area contributed by atoms with E-state index in [1.807, 2.05) is 42.5 Å². The lowest BCUT2D eigenvalue weighted by atomic mass is 10.1. The molecular formula is C19H24N2O2. The Kier molecular flexibility index (Phi) is 7.14. The van der Waals surface area contributed by atoms with Gasteiger partial charge in [-0.3, -0.25) is 4.79 Å². The normalized spacial score (nSPS) is 10.3. The molecular weight excluding hydrogens is 288 g/mol. The van der Waals surface area contributed by atoms with Crippen LogP contribution >= 0.6 is 0 Å². The first-order valence-corrected chi connectivity index (χ1v) is 7.93. The summed E-state index contributed by atoms with van der Waals surface area (Å²) in [6, 6.07) is 18.0. The first-order valence-electron chi connectivity index (χ1n) is 7.93. The Morgan fingerprint density at radius 1 is 1.00 bits per heavy atom. The molecule has 2 N–H and O–H groups in total. The summed E-state index contributed by atoms with van der Waals surface area (Å²) >= 11 is 0. The van der Waals surface area contributed by atoms with Gasteiger partial charge in [-0.05, 0) is 23.6 Å². The minimum Gasteiger partial charge on any atom is -0.496 e. The molecule has 0 aliphatic heterocycles. The summed E-state index contributed by atoms with van der Waals surface area (Å²) in [6.45, 7) is 2.09. The van der Waals surface area contributed by atoms with Gasteiger partial charge in [-0.1, -0.05) is 48.5 Å². The van der Waals surface area contributed by atoms with Crippen LogP contribution < -0.4 is 15.4 Å². The van der Waals surface area contributed by atoms with E-state index < -0.39 is 0 Å². The van der Waals surface area contributed by atoms with Crippen molar-refractivity contribution in [3.8, 4) is 5.75 Å². The molecule has 0 radical (unpaired) electrons. The molecule has 2 rings (SSSR count). The van der Waals surface area contributed by atoms with Crippen LogP contribution in [0.25, 0.3) is 0 Å². The summed E-state index contributed by atoms with van der Waals surface area (Å²) in [5, 5.41) is 6.22. The van der Waals surface area contributed by atoms with Crippen LogP contribution in [0, 0.1) is 0 Å². The highest BCUT2D eigenvalue weighted by Gasteiger charge is 2.04. The molecule has 0 aromatic heterocycles. The van der Waals surface area contributed by atoms with Crippen molar-refractivity contribution in [1.29, 1.82) is 0 Å². The number of methoxy groups -OCH3 is 1. The van der Waals surface area contributed by atoms with Crippen LogP contribution in [-0.2, 0) is 17.8 Å². The van der Waals surface area contributed by atoms with Gasteiger partial charge < -0.3 is 15.4 Å². The van der Waals surface area contributed by atoms with E-state index in [0.29, 0.717) is 19.5 Å². The van der Waals surface area contributed by atoms with Gasteiger partial charge >= 0.3 is 0 Å². The van der Waals surface area contributed by atoms with Gasteiger partial charge in [-0.15, -0.1) is 0 Å². The highest BCUT2D eigenvalue weighted by atomic mass is 16.5. The summed E-state index contributed by atoms with van der Waals surface area (Å²) in [4.78, 5) is 11.8. The molecule has 4 heteroatoms. The Morgan fingerprint density at radius 2 is 1.74 bits per heavy atom. The minimum absolute atomic E-state index is 0.0699. The van der Waals surface area contributed by atoms with Crippen LogP contribution in [0.2, 0.25) is 0 Å². The predicted molar refractivity (Wildman–Crippen MR) is 92.5 cm³/mol. The molecule has 0 fully saturated rings. The first kappa shape index (κ1) is 17.0. The summed E-state index contributed by atoms with van der Waals surface area (Å²) < 4.78 is 5.30. The second kappa shape index (κ2) is 9.64. The number of hydrogen-bond donors (Lipinski definition) is 2. The maximum atomic E-state index is 11.8. The van der Waals surface area contributed by atoms with Crippen molar-refractivity contribution in [3.05, 3.63) is 65.7 Å². The third kappa shape index (κ3) is 6.12. The van der Waals surface area contributed by atoms with Crippen molar-refractivity contribution < 1.29 is 9.53 Å². The third-order valence-corrected chi connectivity index (χ3v) is 3.61. The average molecular weight is 312 g/mol. The van der Waals surface area contributed by atoms with E-state index >= 15 is 0 Å². The van der Waals surface area contributed by atoms with Crippen LogP contribution in [0.1, 0.15) is 17.5 Å². The second-order valence-corrected chi connectivity index (χ2v) is 5.32. The number of nitrogens with one attached hydrogen (secondary N) is 2. The highest BCUT2D eigenvalue weighted by molar-refractivity contribution is 5.76. The zero-order valence-electron chi connectivity index (χ0n) is 13.5. The van der Waals surface area contributed by atoms with Crippen LogP contribution in [0.5, 0.6) is 5.75 Å². The molecule has 2 aromatic carbocycles. The Morgan fingerprint density at radius 3 is 2.52 bits per heavy atom. The average Bonchev–Trinajstić information content (AvgIpc) is 2.60. The molecule has 0 saturated heterocycles. The fourth-order valence-corrected chi connectivity index (χ4v) is 2.36. The molecule has 4 nitrogen and oxygen atoms in total. The van der Waals surface area contributed by atoms with Gasteiger partial charge in [0.1, 0.15) is 5.75 Å². The molecule has 2 aromatic rings. The Balaban J connectivity index is 1.60. The van der Waals surface area contributed by atoms with E-state index in [0.717, 1.165) is 24.3 Å². The summed E-state index contributed by atoms with van der Waals surface area (Å²) in [5.74, 6) is 0.937. The number of ether oxygens (including phenoxy) is 1. The van der Waals surface area contributed by atoms with Gasteiger partial charge in [0.05, 0.1) is 7.11 Å². The number of benzene rings is 2. The quantitative estimate of drug-likeness (QED) is 0.700. The molecule has 0 heterocycles. The molecule has 0 spiro atoms. The van der Waals surface area contributed by atoms with Gasteiger partial charge in [0.25, 0.3) is 0 Å². The SMILES string of the molecule is COc1ccccc1CCNC(=O)CCNCc1ccccc1. The van der Waals surface area contributed by atoms with Crippen molar-refractivity contribution >= 4 is 5.91 Å². The van der Waals surface area contributed by atoms with Crippen molar-refractivity contribution in [1.82, 2.24) is 10.6 Å². The van der Waals surface area contributed by atoms with Crippen LogP contribution in [0.15, 0.2) is 54.6 Å². The second-order valence-electron chi connectivity index (χ2n) is 5.32. The van der Waals surface area contributed by atoms with Crippen molar-refractivity contribution in [2.75, 3.05) is 20.2 Å². The summed E-state index contributed by atoms with van der Waals surface area (Å²) in [5.41, 5.74) is 2.33. The molecule has 0 unspecified atom stereocenters. The topological polar surface area (TPSA) is 50.4 Å². The van der Waals surface area contributed by atoms with Crippen molar-refractivity contribution in [2.24, 2.45) is 0 Å². The van der Waals surface area contributed by atoms with Crippen LogP contribution in [0.3, 0.4) is 0 Å². The third-order valence-electron chi connectivity index (χ3n) is 3.61. The Hall–Kier alpha value is -2.33. The fourth-order valence-electron chi connectivity index (χ4n) is 2.36. The molecule has 0 aliphatic rings. The molecule has 1 amide bonds. The maximum Gasteiger partial charge on any atom is 0.221 e. The van der Waals surface area contributed by atoms with E-state index in [4.69, 9.17) is 4.74 Å². The smallest absolute Gasteiger partial charge is 0.221 e. The molecule has 0 atom stereocenters. The summed E-state index contributed by atoms with van der Waals surface area (Å²) in [6.07, 6.45) is 1.26. The number of para-hydroxylation sites is 1. The lowest BCUT2D eigenvalue weighted by Crippen LogP contribution is -2.29. The van der Waals surface area contributed by atoms with Gasteiger partial charge in [-0.2, -0.15) is 0 Å². The molecule has 122 valence electrons. The summed E-state index contributed by atoms with van der Waals surface area (Å²) in [7, 11) is 1.66. The molecule has 23 heavy (non-hydrogen) atoms. The van der Waals surface area contributed by atoms with E-state index in [2.05, 4.69) is 22.8 Å². The molecule has 0 bridgehead atoms. The lowest BCUT2D eigenvalue weighted by molar-refractivity contribution is -0.120. The van der Waals surface area contributed by atoms with E-state index in [1.165, 1.54) is 5.56 Å². The first-order chi connectivity index (χ1) is 11.3. The molecule has 0 aliphatic carbocycles. The zero-order chi connectivity index (χ0) is 16.3. The number of rotatable bonds is 9. The van der Waals surface area contributed by atoms with Crippen LogP contribution in [-0.4, -0.2) is 26.1 Å². The zero-order valence-corrected chi connectivity index (χ0v) is 13.5. The highest BCUT2D eigenvalue weighted by Crippen LogP contribution is 2.17. The monoisotopic (exact) mass is 312 g/mol. The Bertz CT molecular complexity index is 599. The fraction of sp³-hybridized carbons (Fsp3) is 0.316. The van der Waals surface area contributed by atoms with Crippen LogP contribution in [0.4, 0.5) is 0 Å². The van der Waals surface area contributed by atoms with E-state index in [1.54, 1.807) is 7.11 Å². The Labute approximate surface area is 137 Å². The van der Waals surface area contributed by atoms with Gasteiger partial charge in [0.15, 0.2) is 0 Å². The van der Waals surface area contributed by atoms with Gasteiger partial charge in [0.2, 0.25) is 5.91 Å². The van der Waals surface area contributed by atoms with E-state index in [-0.39, 0.29) is 5.91 Å². The van der Waals surface area contributed by atoms with Gasteiger partial charge in [0, 0.05) is 26.1 Å². The number of hydrogen-bond acceptors (Lipinski definition) is 3. The number of carbonyl (C=O) groups excluding carboxylic acids is 1.